The Bertz CT molecular complexity index is 437. The van der Waals surface area contributed by atoms with Gasteiger partial charge in [-0.3, -0.25) is 14.4 Å². The molecule has 2 heterocycles. The molecule has 0 aliphatic carbocycles. The summed E-state index contributed by atoms with van der Waals surface area (Å²) >= 11 is 0. The van der Waals surface area contributed by atoms with Gasteiger partial charge in [0.25, 0.3) is 0 Å². The molecule has 130 valence electrons. The van der Waals surface area contributed by atoms with Crippen molar-refractivity contribution in [1.82, 2.24) is 15.5 Å². The monoisotopic (exact) mass is 325 g/mol. The first kappa shape index (κ1) is 17.7. The maximum absolute atomic E-state index is 12.2. The molecule has 0 aromatic rings. The molecule has 7 nitrogen and oxygen atoms in total. The van der Waals surface area contributed by atoms with Crippen LogP contribution in [0.2, 0.25) is 0 Å². The largest absolute Gasteiger partial charge is 0.481 e. The van der Waals surface area contributed by atoms with E-state index >= 15 is 0 Å². The predicted molar refractivity (Wildman–Crippen MR) is 84.8 cm³/mol. The van der Waals surface area contributed by atoms with Crippen molar-refractivity contribution in [3.63, 3.8) is 0 Å². The zero-order valence-electron chi connectivity index (χ0n) is 13.6. The Labute approximate surface area is 136 Å². The minimum Gasteiger partial charge on any atom is -0.481 e. The van der Waals surface area contributed by atoms with Gasteiger partial charge in [-0.15, -0.1) is 0 Å². The van der Waals surface area contributed by atoms with Gasteiger partial charge in [0.15, 0.2) is 0 Å². The molecule has 23 heavy (non-hydrogen) atoms. The summed E-state index contributed by atoms with van der Waals surface area (Å²) < 4.78 is 0. The lowest BCUT2D eigenvalue weighted by molar-refractivity contribution is -0.137. The summed E-state index contributed by atoms with van der Waals surface area (Å²) in [6.45, 7) is 3.84. The van der Waals surface area contributed by atoms with Crippen LogP contribution in [0.1, 0.15) is 44.9 Å². The first-order valence-electron chi connectivity index (χ1n) is 8.48. The molecule has 3 N–H and O–H groups in total. The zero-order valence-corrected chi connectivity index (χ0v) is 13.6. The van der Waals surface area contributed by atoms with Crippen LogP contribution in [0.25, 0.3) is 0 Å². The van der Waals surface area contributed by atoms with E-state index in [1.54, 1.807) is 0 Å². The fourth-order valence-electron chi connectivity index (χ4n) is 3.46. The summed E-state index contributed by atoms with van der Waals surface area (Å²) in [5.41, 5.74) is 0.413. The summed E-state index contributed by atoms with van der Waals surface area (Å²) in [5.74, 6) is -1.17. The summed E-state index contributed by atoms with van der Waals surface area (Å²) in [7, 11) is 0. The molecular formula is C16H27N3O4. The average Bonchev–Trinajstić information content (AvgIpc) is 2.54. The maximum Gasteiger partial charge on any atom is 0.305 e. The Morgan fingerprint density at radius 3 is 2.26 bits per heavy atom. The van der Waals surface area contributed by atoms with Crippen molar-refractivity contribution in [2.24, 2.45) is 5.41 Å². The third-order valence-corrected chi connectivity index (χ3v) is 5.07. The molecule has 2 fully saturated rings. The second-order valence-electron chi connectivity index (χ2n) is 6.62. The lowest BCUT2D eigenvalue weighted by Crippen LogP contribution is -2.47. The van der Waals surface area contributed by atoms with Crippen LogP contribution in [-0.4, -0.2) is 60.5 Å². The number of aliphatic carboxylic acids is 1. The highest BCUT2D eigenvalue weighted by atomic mass is 16.4. The van der Waals surface area contributed by atoms with Gasteiger partial charge in [0, 0.05) is 32.5 Å². The van der Waals surface area contributed by atoms with Crippen molar-refractivity contribution in [1.29, 1.82) is 0 Å². The van der Waals surface area contributed by atoms with E-state index in [0.29, 0.717) is 5.41 Å². The molecule has 2 aliphatic rings. The fraction of sp³-hybridized carbons (Fsp3) is 0.812. The van der Waals surface area contributed by atoms with Crippen LogP contribution in [-0.2, 0) is 14.4 Å². The molecule has 0 atom stereocenters. The molecule has 1 spiro atoms. The van der Waals surface area contributed by atoms with Gasteiger partial charge in [-0.1, -0.05) is 0 Å². The van der Waals surface area contributed by atoms with Crippen molar-refractivity contribution < 1.29 is 19.5 Å². The molecule has 2 rings (SSSR count). The van der Waals surface area contributed by atoms with Crippen molar-refractivity contribution in [3.05, 3.63) is 0 Å². The molecule has 0 aromatic carbocycles. The minimum atomic E-state index is -0.943. The molecular weight excluding hydrogens is 298 g/mol. The number of amides is 2. The van der Waals surface area contributed by atoms with Crippen molar-refractivity contribution in [2.75, 3.05) is 32.7 Å². The van der Waals surface area contributed by atoms with E-state index in [4.69, 9.17) is 5.11 Å². The SMILES string of the molecule is O=C(O)CCNC(=O)CCC(=O)N1CCC2(CCNCC2)CC1. The highest BCUT2D eigenvalue weighted by Gasteiger charge is 2.36. The van der Waals surface area contributed by atoms with E-state index < -0.39 is 5.97 Å². The van der Waals surface area contributed by atoms with Crippen LogP contribution in [0.3, 0.4) is 0 Å². The maximum atomic E-state index is 12.2. The van der Waals surface area contributed by atoms with Gasteiger partial charge in [-0.25, -0.2) is 0 Å². The third kappa shape index (κ3) is 5.49. The molecule has 2 aliphatic heterocycles. The average molecular weight is 325 g/mol. The van der Waals surface area contributed by atoms with Gasteiger partial charge in [0.05, 0.1) is 6.42 Å². The first-order chi connectivity index (χ1) is 11.0. The number of carbonyl (C=O) groups is 3. The van der Waals surface area contributed by atoms with Crippen LogP contribution in [0, 0.1) is 5.41 Å². The number of hydrogen-bond donors (Lipinski definition) is 3. The van der Waals surface area contributed by atoms with E-state index in [1.165, 1.54) is 12.8 Å². The number of nitrogens with zero attached hydrogens (tertiary/aromatic N) is 1. The number of hydrogen-bond acceptors (Lipinski definition) is 4. The predicted octanol–water partition coefficient (Wildman–Crippen LogP) is 0.350. The van der Waals surface area contributed by atoms with E-state index in [-0.39, 0.29) is 37.6 Å². The van der Waals surface area contributed by atoms with Gasteiger partial charge in [0.2, 0.25) is 11.8 Å². The fourth-order valence-corrected chi connectivity index (χ4v) is 3.46. The van der Waals surface area contributed by atoms with Gasteiger partial charge in [-0.05, 0) is 44.2 Å². The van der Waals surface area contributed by atoms with Crippen molar-refractivity contribution >= 4 is 17.8 Å². The molecule has 7 heteroatoms. The minimum absolute atomic E-state index is 0.0298. The molecule has 0 saturated carbocycles. The Morgan fingerprint density at radius 1 is 1.00 bits per heavy atom. The molecule has 0 bridgehead atoms. The molecule has 0 aromatic heterocycles. The van der Waals surface area contributed by atoms with E-state index in [2.05, 4.69) is 10.6 Å². The topological polar surface area (TPSA) is 98.7 Å². The Balaban J connectivity index is 1.65. The number of carbonyl (C=O) groups excluding carboxylic acids is 2. The second-order valence-corrected chi connectivity index (χ2v) is 6.62. The summed E-state index contributed by atoms with van der Waals surface area (Å²) in [4.78, 5) is 36.0. The molecule has 2 amide bonds. The highest BCUT2D eigenvalue weighted by molar-refractivity contribution is 5.84. The van der Waals surface area contributed by atoms with Crippen LogP contribution >= 0.6 is 0 Å². The smallest absolute Gasteiger partial charge is 0.305 e. The second kappa shape index (κ2) is 8.29. The standard InChI is InChI=1S/C16H27N3O4/c20-13(18-8-3-15(22)23)1-2-14(21)19-11-6-16(7-12-19)4-9-17-10-5-16/h17H,1-12H2,(H,18,20)(H,22,23). The number of carboxylic acid groups (broad SMARTS) is 1. The molecule has 2 saturated heterocycles. The lowest BCUT2D eigenvalue weighted by Gasteiger charge is -2.44. The van der Waals surface area contributed by atoms with Gasteiger partial charge < -0.3 is 20.6 Å². The third-order valence-electron chi connectivity index (χ3n) is 5.07. The normalized spacial score (nSPS) is 20.3. The summed E-state index contributed by atoms with van der Waals surface area (Å²) in [6.07, 6.45) is 4.75. The number of likely N-dealkylation sites (tertiary alicyclic amines) is 1. The van der Waals surface area contributed by atoms with Gasteiger partial charge in [0.1, 0.15) is 0 Å². The Morgan fingerprint density at radius 2 is 1.65 bits per heavy atom. The van der Waals surface area contributed by atoms with Crippen LogP contribution in [0.15, 0.2) is 0 Å². The van der Waals surface area contributed by atoms with Crippen molar-refractivity contribution in [3.8, 4) is 0 Å². The first-order valence-corrected chi connectivity index (χ1v) is 8.48. The van der Waals surface area contributed by atoms with Gasteiger partial charge >= 0.3 is 5.97 Å². The quantitative estimate of drug-likeness (QED) is 0.654. The number of nitrogens with one attached hydrogen (secondary N) is 2. The van der Waals surface area contributed by atoms with E-state index in [0.717, 1.165) is 39.0 Å². The van der Waals surface area contributed by atoms with Crippen LogP contribution < -0.4 is 10.6 Å². The number of carboxylic acids is 1. The van der Waals surface area contributed by atoms with Crippen LogP contribution in [0.5, 0.6) is 0 Å². The zero-order chi connectivity index (χ0) is 16.7. The number of rotatable bonds is 6. The highest BCUT2D eigenvalue weighted by Crippen LogP contribution is 2.39. The molecule has 0 radical (unpaired) electrons. The summed E-state index contributed by atoms with van der Waals surface area (Å²) in [5, 5.41) is 14.4. The van der Waals surface area contributed by atoms with E-state index in [9.17, 15) is 14.4 Å². The lowest BCUT2D eigenvalue weighted by atomic mass is 9.71. The van der Waals surface area contributed by atoms with Crippen LogP contribution in [0.4, 0.5) is 0 Å². The Kier molecular flexibility index (Phi) is 6.38. The molecule has 0 unspecified atom stereocenters. The summed E-state index contributed by atoms with van der Waals surface area (Å²) in [6, 6.07) is 0. The van der Waals surface area contributed by atoms with E-state index in [1.807, 2.05) is 4.90 Å². The van der Waals surface area contributed by atoms with Gasteiger partial charge in [-0.2, -0.15) is 0 Å². The number of piperidine rings is 2. The Hall–Kier alpha value is -1.63. The van der Waals surface area contributed by atoms with Crippen molar-refractivity contribution in [2.45, 2.75) is 44.9 Å².